The molecule has 1 aliphatic heterocycles. The summed E-state index contributed by atoms with van der Waals surface area (Å²) in [5.41, 5.74) is 1.38. The van der Waals surface area contributed by atoms with Gasteiger partial charge in [0.25, 0.3) is 0 Å². The van der Waals surface area contributed by atoms with Gasteiger partial charge in [0.2, 0.25) is 0 Å². The van der Waals surface area contributed by atoms with Gasteiger partial charge < -0.3 is 0 Å². The Morgan fingerprint density at radius 2 is 2.21 bits per heavy atom. The van der Waals surface area contributed by atoms with E-state index in [4.69, 9.17) is 11.6 Å². The third kappa shape index (κ3) is 1.53. The highest BCUT2D eigenvalue weighted by Crippen LogP contribution is 2.22. The van der Waals surface area contributed by atoms with Crippen LogP contribution in [0.15, 0.2) is 17.3 Å². The first-order valence-electron chi connectivity index (χ1n) is 3.88. The molecule has 1 aromatic rings. The SMILES string of the molecule is CS(=O)(=O)C1=NCc2cc(Cl)ncc21. The molecule has 4 nitrogen and oxygen atoms in total. The van der Waals surface area contributed by atoms with Crippen LogP contribution in [-0.2, 0) is 16.4 Å². The number of sulfone groups is 1. The van der Waals surface area contributed by atoms with Crippen molar-refractivity contribution in [2.75, 3.05) is 6.26 Å². The van der Waals surface area contributed by atoms with Gasteiger partial charge in [0, 0.05) is 18.0 Å². The average Bonchev–Trinajstić information content (AvgIpc) is 2.45. The van der Waals surface area contributed by atoms with Crippen LogP contribution < -0.4 is 0 Å². The van der Waals surface area contributed by atoms with E-state index in [1.165, 1.54) is 6.20 Å². The Bertz CT molecular complexity index is 522. The van der Waals surface area contributed by atoms with Crippen LogP contribution in [-0.4, -0.2) is 24.7 Å². The second kappa shape index (κ2) is 3.03. The Labute approximate surface area is 86.6 Å². The molecule has 14 heavy (non-hydrogen) atoms. The molecule has 0 aliphatic carbocycles. The van der Waals surface area contributed by atoms with E-state index in [9.17, 15) is 8.42 Å². The molecule has 1 aromatic heterocycles. The summed E-state index contributed by atoms with van der Waals surface area (Å²) in [5, 5.41) is 0.463. The van der Waals surface area contributed by atoms with Crippen LogP contribution >= 0.6 is 11.6 Å². The van der Waals surface area contributed by atoms with Gasteiger partial charge in [-0.2, -0.15) is 0 Å². The van der Waals surface area contributed by atoms with E-state index in [1.807, 2.05) is 0 Å². The molecule has 0 spiro atoms. The van der Waals surface area contributed by atoms with Crippen LogP contribution in [0.3, 0.4) is 0 Å². The summed E-state index contributed by atoms with van der Waals surface area (Å²) < 4.78 is 22.6. The first kappa shape index (κ1) is 9.61. The molecule has 1 aliphatic rings. The molecule has 2 rings (SSSR count). The second-order valence-corrected chi connectivity index (χ2v) is 5.38. The van der Waals surface area contributed by atoms with Gasteiger partial charge in [-0.1, -0.05) is 11.6 Å². The molecule has 0 N–H and O–H groups in total. The quantitative estimate of drug-likeness (QED) is 0.626. The van der Waals surface area contributed by atoms with Crippen molar-refractivity contribution in [1.29, 1.82) is 0 Å². The van der Waals surface area contributed by atoms with Crippen molar-refractivity contribution in [3.8, 4) is 0 Å². The van der Waals surface area contributed by atoms with Gasteiger partial charge in [0.05, 0.1) is 6.54 Å². The molecule has 74 valence electrons. The average molecular weight is 231 g/mol. The first-order valence-corrected chi connectivity index (χ1v) is 6.15. The maximum absolute atomic E-state index is 11.3. The Balaban J connectivity index is 2.59. The van der Waals surface area contributed by atoms with E-state index < -0.39 is 9.84 Å². The molecule has 0 amide bonds. The van der Waals surface area contributed by atoms with Crippen molar-refractivity contribution in [3.63, 3.8) is 0 Å². The number of aliphatic imine (C=N–C) groups is 1. The van der Waals surface area contributed by atoms with E-state index in [0.29, 0.717) is 17.3 Å². The van der Waals surface area contributed by atoms with Crippen molar-refractivity contribution in [2.45, 2.75) is 6.54 Å². The standard InChI is InChI=1S/C8H7ClN2O2S/c1-14(12,13)8-6-4-10-7(9)2-5(6)3-11-8/h2,4H,3H2,1H3. The van der Waals surface area contributed by atoms with Crippen LogP contribution in [0.2, 0.25) is 5.15 Å². The maximum atomic E-state index is 11.3. The van der Waals surface area contributed by atoms with Gasteiger partial charge in [0.15, 0.2) is 14.9 Å². The van der Waals surface area contributed by atoms with Gasteiger partial charge in [0.1, 0.15) is 5.15 Å². The number of nitrogens with zero attached hydrogens (tertiary/aromatic N) is 2. The van der Waals surface area contributed by atoms with Gasteiger partial charge >= 0.3 is 0 Å². The highest BCUT2D eigenvalue weighted by molar-refractivity contribution is 8.06. The van der Waals surface area contributed by atoms with Crippen LogP contribution in [0.5, 0.6) is 0 Å². The van der Waals surface area contributed by atoms with Crippen molar-refractivity contribution >= 4 is 26.5 Å². The third-order valence-corrected chi connectivity index (χ3v) is 3.19. The maximum Gasteiger partial charge on any atom is 0.193 e. The lowest BCUT2D eigenvalue weighted by Crippen LogP contribution is -2.12. The van der Waals surface area contributed by atoms with E-state index in [0.717, 1.165) is 11.8 Å². The van der Waals surface area contributed by atoms with Gasteiger partial charge in [-0.05, 0) is 11.6 Å². The summed E-state index contributed by atoms with van der Waals surface area (Å²) in [7, 11) is -3.26. The Kier molecular flexibility index (Phi) is 2.08. The van der Waals surface area contributed by atoms with Crippen LogP contribution in [0.4, 0.5) is 0 Å². The summed E-state index contributed by atoms with van der Waals surface area (Å²) in [4.78, 5) is 7.78. The van der Waals surface area contributed by atoms with Gasteiger partial charge in [-0.15, -0.1) is 0 Å². The molecular weight excluding hydrogens is 224 g/mol. The predicted octanol–water partition coefficient (Wildman–Crippen LogP) is 1.04. The second-order valence-electron chi connectivity index (χ2n) is 3.06. The zero-order valence-corrected chi connectivity index (χ0v) is 8.93. The Hall–Kier alpha value is -0.940. The van der Waals surface area contributed by atoms with Crippen LogP contribution in [0, 0.1) is 0 Å². The molecular formula is C8H7ClN2O2S. The lowest BCUT2D eigenvalue weighted by molar-refractivity contribution is 0.612. The molecule has 0 saturated heterocycles. The van der Waals surface area contributed by atoms with Crippen molar-refractivity contribution in [1.82, 2.24) is 4.98 Å². The fourth-order valence-corrected chi connectivity index (χ4v) is 2.41. The minimum atomic E-state index is -3.26. The normalized spacial score (nSPS) is 15.1. The largest absolute Gasteiger partial charge is 0.268 e. The van der Waals surface area contributed by atoms with E-state index >= 15 is 0 Å². The predicted molar refractivity (Wildman–Crippen MR) is 54.3 cm³/mol. The van der Waals surface area contributed by atoms with Crippen LogP contribution in [0.25, 0.3) is 0 Å². The number of hydrogen-bond acceptors (Lipinski definition) is 4. The van der Waals surface area contributed by atoms with E-state index in [-0.39, 0.29) is 5.04 Å². The Morgan fingerprint density at radius 1 is 1.50 bits per heavy atom. The smallest absolute Gasteiger partial charge is 0.193 e. The number of rotatable bonds is 0. The molecule has 0 bridgehead atoms. The highest BCUT2D eigenvalue weighted by atomic mass is 35.5. The van der Waals surface area contributed by atoms with Gasteiger partial charge in [-0.25, -0.2) is 13.4 Å². The molecule has 0 atom stereocenters. The molecule has 0 saturated carbocycles. The summed E-state index contributed by atoms with van der Waals surface area (Å²) in [6.45, 7) is 0.361. The fourth-order valence-electron chi connectivity index (χ4n) is 1.35. The lowest BCUT2D eigenvalue weighted by atomic mass is 10.2. The molecule has 2 heterocycles. The monoisotopic (exact) mass is 230 g/mol. The third-order valence-electron chi connectivity index (χ3n) is 1.93. The molecule has 0 radical (unpaired) electrons. The number of halogens is 1. The number of fused-ring (bicyclic) bond motifs is 1. The summed E-state index contributed by atoms with van der Waals surface area (Å²) in [6.07, 6.45) is 2.58. The van der Waals surface area contributed by atoms with E-state index in [2.05, 4.69) is 9.98 Å². The van der Waals surface area contributed by atoms with E-state index in [1.54, 1.807) is 6.07 Å². The molecule has 0 fully saturated rings. The summed E-state index contributed by atoms with van der Waals surface area (Å²) in [5.74, 6) is 0. The van der Waals surface area contributed by atoms with Crippen molar-refractivity contribution in [3.05, 3.63) is 28.5 Å². The highest BCUT2D eigenvalue weighted by Gasteiger charge is 2.24. The van der Waals surface area contributed by atoms with Gasteiger partial charge in [-0.3, -0.25) is 4.99 Å². The van der Waals surface area contributed by atoms with Crippen molar-refractivity contribution in [2.24, 2.45) is 4.99 Å². The molecule has 0 aromatic carbocycles. The summed E-state index contributed by atoms with van der Waals surface area (Å²) >= 11 is 5.67. The first-order chi connectivity index (χ1) is 6.48. The fraction of sp³-hybridized carbons (Fsp3) is 0.250. The molecule has 0 unspecified atom stereocenters. The zero-order chi connectivity index (χ0) is 10.3. The summed E-state index contributed by atoms with van der Waals surface area (Å²) in [6, 6.07) is 1.64. The number of hydrogen-bond donors (Lipinski definition) is 0. The molecule has 6 heteroatoms. The van der Waals surface area contributed by atoms with Crippen molar-refractivity contribution < 1.29 is 8.42 Å². The zero-order valence-electron chi connectivity index (χ0n) is 7.36. The lowest BCUT2D eigenvalue weighted by Gasteiger charge is -2.00. The minimum absolute atomic E-state index is 0.108. The van der Waals surface area contributed by atoms with Crippen LogP contribution in [0.1, 0.15) is 11.1 Å². The minimum Gasteiger partial charge on any atom is -0.268 e. The Morgan fingerprint density at radius 3 is 2.86 bits per heavy atom. The topological polar surface area (TPSA) is 59.4 Å². The number of pyridine rings is 1. The number of aromatic nitrogens is 1.